The average Bonchev–Trinajstić information content (AvgIpc) is 4.07. The molecule has 0 fully saturated rings. The minimum absolute atomic E-state index is 0.879. The van der Waals surface area contributed by atoms with Gasteiger partial charge in [-0.3, -0.25) is 19.9 Å². The quantitative estimate of drug-likeness (QED) is 0.127. The first kappa shape index (κ1) is 45.6. The SMILES string of the molecule is c1ccc(N(c2ccccc2)c2ccc3c(c2)c2cc(N(c4ccccc4)c4ccccc4)ccc2n3-c2ccc(-c3cc(-c4cc5cccnc5c5ncccc45)cc(-c4cc5cccnc5c5ncccc45)c3)cc2)cc1. The molecule has 0 amide bonds. The largest absolute Gasteiger partial charge is 0.310 e. The van der Waals surface area contributed by atoms with Gasteiger partial charge in [-0.05, 0) is 185 Å². The van der Waals surface area contributed by atoms with Gasteiger partial charge in [-0.25, -0.2) is 0 Å². The van der Waals surface area contributed by atoms with Crippen LogP contribution in [0, 0.1) is 0 Å². The molecule has 79 heavy (non-hydrogen) atoms. The van der Waals surface area contributed by atoms with Crippen LogP contribution in [0.3, 0.4) is 0 Å². The van der Waals surface area contributed by atoms with Crippen LogP contribution in [-0.2, 0) is 0 Å². The summed E-state index contributed by atoms with van der Waals surface area (Å²) in [7, 11) is 0. The Hall–Kier alpha value is -10.8. The van der Waals surface area contributed by atoms with Gasteiger partial charge in [0.2, 0.25) is 0 Å². The molecule has 5 aromatic heterocycles. The zero-order valence-electron chi connectivity index (χ0n) is 42.8. The molecule has 370 valence electrons. The zero-order valence-corrected chi connectivity index (χ0v) is 42.8. The van der Waals surface area contributed by atoms with Crippen molar-refractivity contribution in [3.8, 4) is 39.1 Å². The molecule has 15 rings (SSSR count). The lowest BCUT2D eigenvalue weighted by atomic mass is 9.89. The average molecular weight is 1010 g/mol. The van der Waals surface area contributed by atoms with Crippen molar-refractivity contribution in [3.05, 3.63) is 286 Å². The molecule has 0 radical (unpaired) electrons. The fourth-order valence-corrected chi connectivity index (χ4v) is 11.7. The Kier molecular flexibility index (Phi) is 11.0. The monoisotopic (exact) mass is 1010 g/mol. The van der Waals surface area contributed by atoms with Gasteiger partial charge in [0.05, 0.1) is 33.1 Å². The van der Waals surface area contributed by atoms with Crippen LogP contribution in [0.5, 0.6) is 0 Å². The third-order valence-electron chi connectivity index (χ3n) is 15.2. The summed E-state index contributed by atoms with van der Waals surface area (Å²) in [4.78, 5) is 24.1. The summed E-state index contributed by atoms with van der Waals surface area (Å²) < 4.78 is 2.42. The molecule has 0 saturated heterocycles. The Morgan fingerprint density at radius 1 is 0.253 bits per heavy atom. The van der Waals surface area contributed by atoms with Crippen molar-refractivity contribution < 1.29 is 0 Å². The normalized spacial score (nSPS) is 11.5. The number of para-hydroxylation sites is 4. The van der Waals surface area contributed by atoms with E-state index in [0.29, 0.717) is 0 Å². The molecular formula is C72H47N7. The molecule has 7 nitrogen and oxygen atoms in total. The number of fused-ring (bicyclic) bond motifs is 9. The van der Waals surface area contributed by atoms with E-state index in [4.69, 9.17) is 19.9 Å². The van der Waals surface area contributed by atoms with E-state index in [0.717, 1.165) is 139 Å². The van der Waals surface area contributed by atoms with Gasteiger partial charge >= 0.3 is 0 Å². The van der Waals surface area contributed by atoms with Crippen molar-refractivity contribution in [1.82, 2.24) is 24.5 Å². The van der Waals surface area contributed by atoms with Crippen LogP contribution in [0.15, 0.2) is 286 Å². The molecule has 7 heteroatoms. The van der Waals surface area contributed by atoms with Gasteiger partial charge in [0.25, 0.3) is 0 Å². The Balaban J connectivity index is 0.926. The van der Waals surface area contributed by atoms with Crippen molar-refractivity contribution in [1.29, 1.82) is 0 Å². The fraction of sp³-hybridized carbons (Fsp3) is 0. The van der Waals surface area contributed by atoms with Crippen molar-refractivity contribution in [2.24, 2.45) is 0 Å². The maximum absolute atomic E-state index is 4.91. The molecule has 0 saturated carbocycles. The first-order valence-corrected chi connectivity index (χ1v) is 26.6. The topological polar surface area (TPSA) is 63.0 Å². The Bertz CT molecular complexity index is 4420. The minimum atomic E-state index is 0.879. The van der Waals surface area contributed by atoms with Crippen LogP contribution in [-0.4, -0.2) is 24.5 Å². The van der Waals surface area contributed by atoms with Crippen LogP contribution in [0.1, 0.15) is 0 Å². The van der Waals surface area contributed by atoms with Crippen LogP contribution < -0.4 is 9.80 Å². The van der Waals surface area contributed by atoms with Crippen molar-refractivity contribution in [2.75, 3.05) is 9.80 Å². The second-order valence-corrected chi connectivity index (χ2v) is 19.9. The number of rotatable bonds is 10. The van der Waals surface area contributed by atoms with Gasteiger partial charge in [-0.1, -0.05) is 109 Å². The summed E-state index contributed by atoms with van der Waals surface area (Å²) in [6.45, 7) is 0. The molecule has 0 atom stereocenters. The molecule has 0 spiro atoms. The molecule has 15 aromatic rings. The highest BCUT2D eigenvalue weighted by Crippen LogP contribution is 2.45. The minimum Gasteiger partial charge on any atom is -0.310 e. The molecule has 10 aromatic carbocycles. The maximum atomic E-state index is 4.91. The van der Waals surface area contributed by atoms with Crippen molar-refractivity contribution >= 4 is 99.5 Å². The van der Waals surface area contributed by atoms with Crippen LogP contribution in [0.4, 0.5) is 34.1 Å². The third-order valence-corrected chi connectivity index (χ3v) is 15.2. The highest BCUT2D eigenvalue weighted by Gasteiger charge is 2.22. The van der Waals surface area contributed by atoms with Gasteiger partial charge in [0, 0.05) is 96.9 Å². The predicted molar refractivity (Wildman–Crippen MR) is 328 cm³/mol. The standard InChI is InChI=1S/C72H47N7/c1-5-19-54(20-6-1)77(55-21-7-2-8-22-55)59-33-35-67-65(46-59)66-47-60(78(56-23-9-3-10-24-56)57-25-11-4-12-26-57)34-36-68(66)79(67)58-31-29-48(30-32-58)51-41-52(63-44-49-17-13-37-73-69(49)71-61(63)27-15-39-75-71)43-53(42-51)64-45-50-18-14-38-74-70(50)72-62(64)28-16-40-76-72/h1-47H. The smallest absolute Gasteiger partial charge is 0.0970 e. The highest BCUT2D eigenvalue weighted by atomic mass is 15.1. The molecule has 0 aliphatic carbocycles. The number of aromatic nitrogens is 5. The lowest BCUT2D eigenvalue weighted by molar-refractivity contribution is 1.18. The number of nitrogens with zero attached hydrogens (tertiary/aromatic N) is 7. The second-order valence-electron chi connectivity index (χ2n) is 19.9. The Morgan fingerprint density at radius 3 is 1.05 bits per heavy atom. The summed E-state index contributed by atoms with van der Waals surface area (Å²) in [5.41, 5.74) is 19.8. The van der Waals surface area contributed by atoms with Gasteiger partial charge in [-0.2, -0.15) is 0 Å². The van der Waals surface area contributed by atoms with Crippen molar-refractivity contribution in [2.45, 2.75) is 0 Å². The Morgan fingerprint density at radius 2 is 0.633 bits per heavy atom. The van der Waals surface area contributed by atoms with Gasteiger partial charge in [-0.15, -0.1) is 0 Å². The van der Waals surface area contributed by atoms with Crippen LogP contribution in [0.2, 0.25) is 0 Å². The second kappa shape index (κ2) is 19.1. The summed E-state index contributed by atoms with van der Waals surface area (Å²) in [5, 5.41) is 6.47. The zero-order chi connectivity index (χ0) is 52.2. The molecule has 0 unspecified atom stereocenters. The van der Waals surface area contributed by atoms with E-state index in [1.165, 1.54) is 0 Å². The van der Waals surface area contributed by atoms with E-state index < -0.39 is 0 Å². The van der Waals surface area contributed by atoms with Crippen molar-refractivity contribution in [3.63, 3.8) is 0 Å². The summed E-state index contributed by atoms with van der Waals surface area (Å²) in [5.74, 6) is 0. The fourth-order valence-electron chi connectivity index (χ4n) is 11.7. The molecule has 0 bridgehead atoms. The number of pyridine rings is 4. The predicted octanol–water partition coefficient (Wildman–Crippen LogP) is 18.9. The van der Waals surface area contributed by atoms with E-state index in [1.54, 1.807) is 0 Å². The number of benzene rings is 10. The van der Waals surface area contributed by atoms with E-state index in [1.807, 2.05) is 49.1 Å². The van der Waals surface area contributed by atoms with Crippen LogP contribution in [0.25, 0.3) is 104 Å². The third kappa shape index (κ3) is 7.99. The first-order chi connectivity index (χ1) is 39.2. The van der Waals surface area contributed by atoms with E-state index in [-0.39, 0.29) is 0 Å². The molecule has 5 heterocycles. The molecule has 0 aliphatic heterocycles. The van der Waals surface area contributed by atoms with Crippen LogP contribution >= 0.6 is 0 Å². The summed E-state index contributed by atoms with van der Waals surface area (Å²) >= 11 is 0. The summed E-state index contributed by atoms with van der Waals surface area (Å²) in [6, 6.07) is 93.5. The number of hydrogen-bond acceptors (Lipinski definition) is 6. The highest BCUT2D eigenvalue weighted by molar-refractivity contribution is 6.14. The summed E-state index contributed by atoms with van der Waals surface area (Å²) in [6.07, 6.45) is 7.40. The molecule has 0 N–H and O–H groups in total. The van der Waals surface area contributed by atoms with E-state index in [9.17, 15) is 0 Å². The maximum Gasteiger partial charge on any atom is 0.0970 e. The van der Waals surface area contributed by atoms with E-state index >= 15 is 0 Å². The lowest BCUT2D eigenvalue weighted by Crippen LogP contribution is -2.09. The Labute approximate surface area is 456 Å². The molecule has 0 aliphatic rings. The number of hydrogen-bond donors (Lipinski definition) is 0. The number of anilines is 6. The lowest BCUT2D eigenvalue weighted by Gasteiger charge is -2.26. The van der Waals surface area contributed by atoms with E-state index in [2.05, 4.69) is 251 Å². The van der Waals surface area contributed by atoms with Gasteiger partial charge in [0.15, 0.2) is 0 Å². The van der Waals surface area contributed by atoms with Gasteiger partial charge in [0.1, 0.15) is 0 Å². The first-order valence-electron chi connectivity index (χ1n) is 26.6. The van der Waals surface area contributed by atoms with Gasteiger partial charge < -0.3 is 14.4 Å². The molecular weight excluding hydrogens is 963 g/mol.